The second-order valence-corrected chi connectivity index (χ2v) is 8.04. The first-order valence-electron chi connectivity index (χ1n) is 11.1. The van der Waals surface area contributed by atoms with Gasteiger partial charge >= 0.3 is 5.97 Å². The van der Waals surface area contributed by atoms with Crippen LogP contribution in [0.5, 0.6) is 0 Å². The molecule has 10 N–H and O–H groups in total. The molecule has 3 rings (SSSR count). The summed E-state index contributed by atoms with van der Waals surface area (Å²) < 4.78 is 0. The Morgan fingerprint density at radius 2 is 1.74 bits per heavy atom. The summed E-state index contributed by atoms with van der Waals surface area (Å²) >= 11 is 0. The van der Waals surface area contributed by atoms with E-state index in [9.17, 15) is 19.5 Å². The summed E-state index contributed by atoms with van der Waals surface area (Å²) in [5.74, 6) is -1.89. The third-order valence-corrected chi connectivity index (χ3v) is 5.36. The van der Waals surface area contributed by atoms with Crippen molar-refractivity contribution in [2.45, 2.75) is 31.7 Å². The number of amides is 2. The highest BCUT2D eigenvalue weighted by Crippen LogP contribution is 2.24. The zero-order valence-electron chi connectivity index (χ0n) is 19.1. The number of benzene rings is 2. The van der Waals surface area contributed by atoms with Crippen molar-refractivity contribution < 1.29 is 19.5 Å². The van der Waals surface area contributed by atoms with Gasteiger partial charge in [-0.15, -0.1) is 0 Å². The number of aliphatic imine (C=N–C) groups is 1. The normalized spacial score (nSPS) is 11.5. The number of carbonyl (C=O) groups excluding carboxylic acids is 2. The molecule has 0 aliphatic heterocycles. The SMILES string of the molecule is NC(N)=NCCCCC(=O)Nc1ccc(C[C@H](NC(=O)c2[nH]c3ccccc3c2N)C(=O)O)cc1. The maximum absolute atomic E-state index is 12.7. The minimum absolute atomic E-state index is 0.0289. The van der Waals surface area contributed by atoms with E-state index in [4.69, 9.17) is 17.2 Å². The number of unbranched alkanes of at least 4 members (excludes halogenated alkanes) is 1. The highest BCUT2D eigenvalue weighted by molar-refractivity contribution is 6.08. The van der Waals surface area contributed by atoms with Crippen molar-refractivity contribution in [3.8, 4) is 0 Å². The number of aliphatic carboxylic acids is 1. The van der Waals surface area contributed by atoms with Crippen LogP contribution in [0.3, 0.4) is 0 Å². The van der Waals surface area contributed by atoms with Crippen LogP contribution in [-0.2, 0) is 16.0 Å². The Hall–Kier alpha value is -4.54. The maximum atomic E-state index is 12.7. The molecule has 0 aliphatic carbocycles. The Morgan fingerprint density at radius 3 is 2.40 bits per heavy atom. The molecule has 184 valence electrons. The zero-order chi connectivity index (χ0) is 25.4. The van der Waals surface area contributed by atoms with Crippen molar-refractivity contribution in [3.63, 3.8) is 0 Å². The number of hydrogen-bond acceptors (Lipinski definition) is 5. The summed E-state index contributed by atoms with van der Waals surface area (Å²) in [6.45, 7) is 0.471. The zero-order valence-corrected chi connectivity index (χ0v) is 19.1. The largest absolute Gasteiger partial charge is 0.480 e. The van der Waals surface area contributed by atoms with Crippen molar-refractivity contribution in [1.82, 2.24) is 10.3 Å². The first kappa shape index (κ1) is 25.1. The van der Waals surface area contributed by atoms with Crippen LogP contribution in [-0.4, -0.2) is 46.4 Å². The molecule has 1 aromatic heterocycles. The van der Waals surface area contributed by atoms with Gasteiger partial charge in [-0.2, -0.15) is 0 Å². The van der Waals surface area contributed by atoms with Gasteiger partial charge in [-0.25, -0.2) is 4.79 Å². The van der Waals surface area contributed by atoms with E-state index in [1.165, 1.54) is 0 Å². The van der Waals surface area contributed by atoms with Crippen LogP contribution in [0.4, 0.5) is 11.4 Å². The van der Waals surface area contributed by atoms with E-state index in [1.54, 1.807) is 48.5 Å². The topological polar surface area (TPSA) is 202 Å². The van der Waals surface area contributed by atoms with Crippen LogP contribution in [0.1, 0.15) is 35.3 Å². The molecule has 0 saturated carbocycles. The Bertz CT molecular complexity index is 1230. The van der Waals surface area contributed by atoms with E-state index < -0.39 is 17.9 Å². The Balaban J connectivity index is 1.55. The fraction of sp³-hybridized carbons (Fsp3) is 0.250. The number of para-hydroxylation sites is 1. The smallest absolute Gasteiger partial charge is 0.326 e. The molecule has 0 fully saturated rings. The molecule has 35 heavy (non-hydrogen) atoms. The highest BCUT2D eigenvalue weighted by Gasteiger charge is 2.24. The van der Waals surface area contributed by atoms with Gasteiger partial charge in [-0.3, -0.25) is 14.6 Å². The third kappa shape index (κ3) is 6.97. The number of guanidine groups is 1. The van der Waals surface area contributed by atoms with Gasteiger partial charge in [0, 0.05) is 36.0 Å². The number of anilines is 2. The van der Waals surface area contributed by atoms with E-state index in [0.717, 1.165) is 0 Å². The monoisotopic (exact) mass is 479 g/mol. The van der Waals surface area contributed by atoms with Gasteiger partial charge in [-0.05, 0) is 36.6 Å². The third-order valence-electron chi connectivity index (χ3n) is 5.36. The van der Waals surface area contributed by atoms with Gasteiger partial charge in [0.1, 0.15) is 11.7 Å². The highest BCUT2D eigenvalue weighted by atomic mass is 16.4. The Morgan fingerprint density at radius 1 is 1.03 bits per heavy atom. The molecule has 0 bridgehead atoms. The lowest BCUT2D eigenvalue weighted by Crippen LogP contribution is -2.42. The minimum Gasteiger partial charge on any atom is -0.480 e. The summed E-state index contributed by atoms with van der Waals surface area (Å²) in [6, 6.07) is 12.8. The molecule has 0 saturated heterocycles. The van der Waals surface area contributed by atoms with E-state index in [1.807, 2.05) is 0 Å². The minimum atomic E-state index is -1.17. The molecule has 3 aromatic rings. The van der Waals surface area contributed by atoms with Crippen molar-refractivity contribution in [2.75, 3.05) is 17.6 Å². The lowest BCUT2D eigenvalue weighted by Gasteiger charge is -2.15. The number of nitrogen functional groups attached to an aromatic ring is 1. The predicted molar refractivity (Wildman–Crippen MR) is 135 cm³/mol. The molecule has 0 aliphatic rings. The number of carbonyl (C=O) groups is 3. The second kappa shape index (κ2) is 11.5. The molecule has 1 heterocycles. The fourth-order valence-corrected chi connectivity index (χ4v) is 3.56. The molecule has 2 amide bonds. The number of aromatic amines is 1. The number of hydrogen-bond donors (Lipinski definition) is 7. The van der Waals surface area contributed by atoms with E-state index in [-0.39, 0.29) is 29.7 Å². The standard InChI is InChI=1S/C24H29N7O4/c25-20-16-5-1-2-6-17(16)30-21(20)22(33)31-18(23(34)35)13-14-8-10-15(11-9-14)29-19(32)7-3-4-12-28-24(26)27/h1-2,5-6,8-11,18,30H,3-4,7,12-13,25H2,(H,29,32)(H,31,33)(H,34,35)(H4,26,27,28)/t18-/m0/s1. The number of carboxylic acids is 1. The summed E-state index contributed by atoms with van der Waals surface area (Å²) in [4.78, 5) is 43.4. The van der Waals surface area contributed by atoms with E-state index in [0.29, 0.717) is 48.0 Å². The average Bonchev–Trinajstić information content (AvgIpc) is 3.16. The van der Waals surface area contributed by atoms with Crippen molar-refractivity contribution in [3.05, 3.63) is 59.8 Å². The fourth-order valence-electron chi connectivity index (χ4n) is 3.56. The molecular weight excluding hydrogens is 450 g/mol. The van der Waals surface area contributed by atoms with Gasteiger partial charge < -0.3 is 37.9 Å². The Kier molecular flexibility index (Phi) is 8.28. The first-order chi connectivity index (χ1) is 16.7. The van der Waals surface area contributed by atoms with Crippen LogP contribution >= 0.6 is 0 Å². The van der Waals surface area contributed by atoms with Crippen LogP contribution in [0.2, 0.25) is 0 Å². The molecule has 11 heteroatoms. The van der Waals surface area contributed by atoms with Crippen molar-refractivity contribution in [2.24, 2.45) is 16.5 Å². The van der Waals surface area contributed by atoms with Crippen molar-refractivity contribution >= 4 is 46.0 Å². The average molecular weight is 480 g/mol. The molecule has 0 unspecified atom stereocenters. The van der Waals surface area contributed by atoms with Gasteiger partial charge in [0.05, 0.1) is 5.69 Å². The number of aromatic nitrogens is 1. The molecule has 0 radical (unpaired) electrons. The van der Waals surface area contributed by atoms with Gasteiger partial charge in [-0.1, -0.05) is 30.3 Å². The number of fused-ring (bicyclic) bond motifs is 1. The van der Waals surface area contributed by atoms with Crippen LogP contribution in [0.15, 0.2) is 53.5 Å². The number of nitrogens with two attached hydrogens (primary N) is 3. The van der Waals surface area contributed by atoms with Crippen LogP contribution in [0.25, 0.3) is 10.9 Å². The van der Waals surface area contributed by atoms with Gasteiger partial charge in [0.2, 0.25) is 5.91 Å². The summed E-state index contributed by atoms with van der Waals surface area (Å²) in [6.07, 6.45) is 1.71. The van der Waals surface area contributed by atoms with Crippen molar-refractivity contribution in [1.29, 1.82) is 0 Å². The van der Waals surface area contributed by atoms with Gasteiger partial charge in [0.25, 0.3) is 5.91 Å². The first-order valence-corrected chi connectivity index (χ1v) is 11.1. The molecular formula is C24H29N7O4. The quantitative estimate of drug-likeness (QED) is 0.123. The molecule has 11 nitrogen and oxygen atoms in total. The number of H-pyrrole nitrogens is 1. The maximum Gasteiger partial charge on any atom is 0.326 e. The summed E-state index contributed by atoms with van der Waals surface area (Å²) in [5, 5.41) is 15.6. The number of carboxylic acid groups (broad SMARTS) is 1. The Labute approximate surface area is 201 Å². The molecule has 1 atom stereocenters. The lowest BCUT2D eigenvalue weighted by molar-refractivity contribution is -0.139. The number of rotatable bonds is 11. The second-order valence-electron chi connectivity index (χ2n) is 8.04. The number of nitrogens with one attached hydrogen (secondary N) is 3. The predicted octanol–water partition coefficient (Wildman–Crippen LogP) is 1.56. The van der Waals surface area contributed by atoms with Crippen LogP contribution < -0.4 is 27.8 Å². The van der Waals surface area contributed by atoms with Crippen LogP contribution in [0, 0.1) is 0 Å². The number of nitrogens with zero attached hydrogens (tertiary/aromatic N) is 1. The molecule has 2 aromatic carbocycles. The van der Waals surface area contributed by atoms with E-state index >= 15 is 0 Å². The summed E-state index contributed by atoms with van der Waals surface area (Å²) in [7, 11) is 0. The van der Waals surface area contributed by atoms with Gasteiger partial charge in [0.15, 0.2) is 5.96 Å². The van der Waals surface area contributed by atoms with E-state index in [2.05, 4.69) is 20.6 Å². The molecule has 0 spiro atoms. The lowest BCUT2D eigenvalue weighted by atomic mass is 10.1. The summed E-state index contributed by atoms with van der Waals surface area (Å²) in [5.41, 5.74) is 18.9.